The van der Waals surface area contributed by atoms with Crippen LogP contribution in [0.2, 0.25) is 0 Å². The zero-order valence-electron chi connectivity index (χ0n) is 6.09. The van der Waals surface area contributed by atoms with Crippen molar-refractivity contribution in [3.05, 3.63) is 0 Å². The second kappa shape index (κ2) is 9.70. The fourth-order valence-corrected chi connectivity index (χ4v) is 1.92. The molecule has 0 radical (unpaired) electrons. The van der Waals surface area contributed by atoms with Gasteiger partial charge in [-0.1, -0.05) is 6.92 Å². The van der Waals surface area contributed by atoms with Crippen LogP contribution >= 0.6 is 19.0 Å². The van der Waals surface area contributed by atoms with Crippen molar-refractivity contribution in [3.63, 3.8) is 0 Å². The van der Waals surface area contributed by atoms with E-state index in [2.05, 4.69) is 0 Å². The minimum atomic E-state index is -1.41. The number of rotatable bonds is 4. The van der Waals surface area contributed by atoms with Gasteiger partial charge in [-0.25, -0.2) is 0 Å². The van der Waals surface area contributed by atoms with E-state index in [9.17, 15) is 4.89 Å². The summed E-state index contributed by atoms with van der Waals surface area (Å²) in [6.07, 6.45) is 0. The van der Waals surface area contributed by atoms with Crippen LogP contribution in [0.25, 0.3) is 0 Å². The van der Waals surface area contributed by atoms with Gasteiger partial charge in [-0.2, -0.15) is 0 Å². The molecule has 0 aromatic rings. The van der Waals surface area contributed by atoms with Crippen LogP contribution in [0.1, 0.15) is 13.8 Å². The van der Waals surface area contributed by atoms with Gasteiger partial charge in [0.15, 0.2) is 0 Å². The van der Waals surface area contributed by atoms with Crippen molar-refractivity contribution in [2.45, 2.75) is 13.8 Å². The van der Waals surface area contributed by atoms with E-state index < -0.39 is 7.58 Å². The van der Waals surface area contributed by atoms with Crippen LogP contribution in [-0.4, -0.2) is 12.4 Å². The van der Waals surface area contributed by atoms with Crippen molar-refractivity contribution in [2.75, 3.05) is 12.4 Å². The minimum Gasteiger partial charge on any atom is -0.800 e. The fourth-order valence-electron chi connectivity index (χ4n) is 0.248. The first kappa shape index (κ1) is 13.3. The first-order chi connectivity index (χ1) is 3.81. The Hall–Kier alpha value is 1.70. The monoisotopic (exact) mass is 176 g/mol. The molecule has 5 heteroatoms. The van der Waals surface area contributed by atoms with E-state index in [-0.39, 0.29) is 29.6 Å². The van der Waals surface area contributed by atoms with Gasteiger partial charge in [0.25, 0.3) is 0 Å². The Kier molecular flexibility index (Phi) is 14.3. The average molecular weight is 176 g/mol. The fraction of sp³-hybridized carbons (Fsp3) is 1.00. The first-order valence-electron chi connectivity index (χ1n) is 2.54. The van der Waals surface area contributed by atoms with Crippen molar-refractivity contribution < 1.29 is 39.0 Å². The Balaban J connectivity index is 0. The molecule has 1 unspecified atom stereocenters. The van der Waals surface area contributed by atoms with E-state index in [1.807, 2.05) is 13.8 Å². The van der Waals surface area contributed by atoms with Gasteiger partial charge in [-0.3, -0.25) is 0 Å². The summed E-state index contributed by atoms with van der Waals surface area (Å²) < 4.78 is 4.75. The summed E-state index contributed by atoms with van der Waals surface area (Å²) in [5.74, 6) is 0.856. The van der Waals surface area contributed by atoms with E-state index in [4.69, 9.17) is 4.52 Å². The molecular formula is C4H10NaO2PS. The molecule has 0 aliphatic rings. The Morgan fingerprint density at radius 2 is 2.11 bits per heavy atom. The molecule has 0 rings (SSSR count). The summed E-state index contributed by atoms with van der Waals surface area (Å²) in [6.45, 7) is 4.34. The predicted octanol–water partition coefficient (Wildman–Crippen LogP) is -1.63. The molecule has 0 saturated heterocycles. The zero-order chi connectivity index (χ0) is 6.41. The third-order valence-corrected chi connectivity index (χ3v) is 3.13. The van der Waals surface area contributed by atoms with Crippen LogP contribution in [0.4, 0.5) is 0 Å². The van der Waals surface area contributed by atoms with Crippen LogP contribution in [0, 0.1) is 0 Å². The van der Waals surface area contributed by atoms with E-state index in [0.717, 1.165) is 5.75 Å². The Labute approximate surface area is 83.7 Å². The Morgan fingerprint density at radius 3 is 2.44 bits per heavy atom. The van der Waals surface area contributed by atoms with Crippen molar-refractivity contribution in [3.8, 4) is 0 Å². The van der Waals surface area contributed by atoms with Crippen LogP contribution in [0.3, 0.4) is 0 Å². The number of hydrogen-bond acceptors (Lipinski definition) is 3. The Bertz CT molecular complexity index is 51.8. The number of hydrogen-bond donors (Lipinski definition) is 0. The molecule has 0 aliphatic carbocycles. The molecule has 50 valence electrons. The molecule has 0 heterocycles. The molecule has 0 fully saturated rings. The molecule has 0 aliphatic heterocycles. The SMILES string of the molecule is CCOP([O-])SCC.[Na+]. The van der Waals surface area contributed by atoms with Crippen LogP contribution in [0.5, 0.6) is 0 Å². The van der Waals surface area contributed by atoms with Gasteiger partial charge in [-0.15, -0.1) is 11.4 Å². The van der Waals surface area contributed by atoms with Crippen LogP contribution < -0.4 is 34.5 Å². The maximum absolute atomic E-state index is 10.5. The maximum atomic E-state index is 10.5. The van der Waals surface area contributed by atoms with Crippen LogP contribution in [0.15, 0.2) is 0 Å². The molecule has 1 atom stereocenters. The van der Waals surface area contributed by atoms with Crippen LogP contribution in [-0.2, 0) is 4.52 Å². The third-order valence-electron chi connectivity index (χ3n) is 0.469. The van der Waals surface area contributed by atoms with Crippen molar-refractivity contribution in [2.24, 2.45) is 0 Å². The zero-order valence-corrected chi connectivity index (χ0v) is 9.80. The summed E-state index contributed by atoms with van der Waals surface area (Å²) in [5, 5.41) is 0. The molecule has 0 spiro atoms. The van der Waals surface area contributed by atoms with Crippen molar-refractivity contribution >= 4 is 19.0 Å². The van der Waals surface area contributed by atoms with Gasteiger partial charge in [-0.05, 0) is 12.7 Å². The van der Waals surface area contributed by atoms with E-state index in [0.29, 0.717) is 6.61 Å². The molecule has 0 aromatic carbocycles. The van der Waals surface area contributed by atoms with Gasteiger partial charge in [0.2, 0.25) is 0 Å². The summed E-state index contributed by atoms with van der Waals surface area (Å²) >= 11 is 1.34. The molecule has 0 N–H and O–H groups in total. The summed E-state index contributed by atoms with van der Waals surface area (Å²) in [5.41, 5.74) is 0. The Morgan fingerprint density at radius 1 is 1.56 bits per heavy atom. The molecule has 0 saturated carbocycles. The topological polar surface area (TPSA) is 32.3 Å². The molecule has 2 nitrogen and oxygen atoms in total. The smallest absolute Gasteiger partial charge is 0.800 e. The van der Waals surface area contributed by atoms with Gasteiger partial charge in [0.1, 0.15) is 0 Å². The standard InChI is InChI=1S/C4H10O2PS.Na/c1-3-6-7(5)8-4-2;/h3-4H2,1-2H3;/q-1;+1. The van der Waals surface area contributed by atoms with Crippen molar-refractivity contribution in [1.29, 1.82) is 0 Å². The second-order valence-corrected chi connectivity index (χ2v) is 4.27. The first-order valence-corrected chi connectivity index (χ1v) is 5.31. The molecule has 0 aromatic heterocycles. The quantitative estimate of drug-likeness (QED) is 0.380. The van der Waals surface area contributed by atoms with Gasteiger partial charge < -0.3 is 9.42 Å². The van der Waals surface area contributed by atoms with Crippen molar-refractivity contribution in [1.82, 2.24) is 0 Å². The van der Waals surface area contributed by atoms with Gasteiger partial charge >= 0.3 is 29.6 Å². The summed E-state index contributed by atoms with van der Waals surface area (Å²) in [4.78, 5) is 10.5. The maximum Gasteiger partial charge on any atom is 1.00 e. The summed E-state index contributed by atoms with van der Waals surface area (Å²) in [7, 11) is -1.41. The predicted molar refractivity (Wildman–Crippen MR) is 36.7 cm³/mol. The molecule has 0 bridgehead atoms. The normalized spacial score (nSPS) is 12.3. The molecular weight excluding hydrogens is 166 g/mol. The van der Waals surface area contributed by atoms with E-state index in [1.54, 1.807) is 0 Å². The minimum absolute atomic E-state index is 0. The molecule has 0 amide bonds. The largest absolute Gasteiger partial charge is 1.00 e. The van der Waals surface area contributed by atoms with E-state index in [1.165, 1.54) is 11.4 Å². The second-order valence-electron chi connectivity index (χ2n) is 1.06. The van der Waals surface area contributed by atoms with Gasteiger partial charge in [0, 0.05) is 14.2 Å². The van der Waals surface area contributed by atoms with Gasteiger partial charge in [0.05, 0.1) is 0 Å². The third kappa shape index (κ3) is 9.70. The summed E-state index contributed by atoms with van der Waals surface area (Å²) in [6, 6.07) is 0. The average Bonchev–Trinajstić information content (AvgIpc) is 1.68. The van der Waals surface area contributed by atoms with E-state index >= 15 is 0 Å². The molecule has 9 heavy (non-hydrogen) atoms.